The summed E-state index contributed by atoms with van der Waals surface area (Å²) in [5.74, 6) is 0.0981. The average molecular weight is 194 g/mol. The van der Waals surface area contributed by atoms with E-state index in [1.54, 1.807) is 0 Å². The Morgan fingerprint density at radius 3 is 2.57 bits per heavy atom. The van der Waals surface area contributed by atoms with Gasteiger partial charge in [0.25, 0.3) is 0 Å². The average Bonchev–Trinajstić information content (AvgIpc) is 2.74. The number of nitrogens with zero attached hydrogens (tertiary/aromatic N) is 2. The summed E-state index contributed by atoms with van der Waals surface area (Å²) in [6, 6.07) is 1.63. The van der Waals surface area contributed by atoms with Crippen molar-refractivity contribution in [1.82, 2.24) is 9.80 Å². The molecule has 1 amide bonds. The Morgan fingerprint density at radius 2 is 2.14 bits per heavy atom. The highest BCUT2D eigenvalue weighted by Gasteiger charge is 2.45. The molecule has 3 nitrogen and oxygen atoms in total. The first kappa shape index (κ1) is 9.71. The highest BCUT2D eigenvalue weighted by atomic mass is 16.2. The molecule has 0 aromatic rings. The standard InChI is InChI=1S/C11H18N2O/c1-4-11(14)13-7-9-5-10(13)6-12(9)8(2)3/h4,8-10H,1,5-7H2,2-3H3. The molecule has 2 aliphatic rings. The molecular weight excluding hydrogens is 176 g/mol. The van der Waals surface area contributed by atoms with Gasteiger partial charge in [-0.2, -0.15) is 0 Å². The molecule has 0 N–H and O–H groups in total. The van der Waals surface area contributed by atoms with Crippen LogP contribution in [-0.2, 0) is 4.79 Å². The fourth-order valence-electron chi connectivity index (χ4n) is 2.72. The van der Waals surface area contributed by atoms with Gasteiger partial charge in [-0.25, -0.2) is 0 Å². The normalized spacial score (nSPS) is 31.5. The number of hydrogen-bond donors (Lipinski definition) is 0. The van der Waals surface area contributed by atoms with Gasteiger partial charge in [0.2, 0.25) is 5.91 Å². The Morgan fingerprint density at radius 1 is 1.43 bits per heavy atom. The van der Waals surface area contributed by atoms with Crippen LogP contribution in [-0.4, -0.2) is 46.9 Å². The number of amides is 1. The van der Waals surface area contributed by atoms with E-state index in [0.717, 1.165) is 19.5 Å². The first-order chi connectivity index (χ1) is 6.63. The topological polar surface area (TPSA) is 23.6 Å². The minimum absolute atomic E-state index is 0.0981. The zero-order valence-corrected chi connectivity index (χ0v) is 8.94. The number of carbonyl (C=O) groups is 1. The SMILES string of the molecule is C=CC(=O)N1CC2CC1CN2C(C)C. The molecule has 2 fully saturated rings. The van der Waals surface area contributed by atoms with Gasteiger partial charge >= 0.3 is 0 Å². The van der Waals surface area contributed by atoms with E-state index in [4.69, 9.17) is 0 Å². The van der Waals surface area contributed by atoms with Crippen molar-refractivity contribution in [3.8, 4) is 0 Å². The summed E-state index contributed by atoms with van der Waals surface area (Å²) in [7, 11) is 0. The molecule has 0 aromatic heterocycles. The number of fused-ring (bicyclic) bond motifs is 2. The third kappa shape index (κ3) is 1.36. The van der Waals surface area contributed by atoms with Gasteiger partial charge in [-0.05, 0) is 26.3 Å². The Hall–Kier alpha value is -0.830. The van der Waals surface area contributed by atoms with Crippen LogP contribution in [0.15, 0.2) is 12.7 Å². The lowest BCUT2D eigenvalue weighted by atomic mass is 10.2. The van der Waals surface area contributed by atoms with Gasteiger partial charge in [-0.15, -0.1) is 0 Å². The minimum Gasteiger partial charge on any atom is -0.333 e. The fourth-order valence-corrected chi connectivity index (χ4v) is 2.72. The smallest absolute Gasteiger partial charge is 0.246 e. The molecule has 0 radical (unpaired) electrons. The van der Waals surface area contributed by atoms with Crippen LogP contribution in [0.2, 0.25) is 0 Å². The van der Waals surface area contributed by atoms with Gasteiger partial charge in [-0.3, -0.25) is 9.69 Å². The molecule has 0 aliphatic carbocycles. The van der Waals surface area contributed by atoms with Crippen LogP contribution >= 0.6 is 0 Å². The van der Waals surface area contributed by atoms with E-state index in [9.17, 15) is 4.79 Å². The highest BCUT2D eigenvalue weighted by Crippen LogP contribution is 2.31. The third-order valence-corrected chi connectivity index (χ3v) is 3.40. The van der Waals surface area contributed by atoms with Crippen molar-refractivity contribution >= 4 is 5.91 Å². The minimum atomic E-state index is 0.0981. The van der Waals surface area contributed by atoms with Crippen LogP contribution in [0.5, 0.6) is 0 Å². The van der Waals surface area contributed by atoms with Crippen LogP contribution in [0.25, 0.3) is 0 Å². The molecule has 2 atom stereocenters. The van der Waals surface area contributed by atoms with Gasteiger partial charge in [0, 0.05) is 31.2 Å². The monoisotopic (exact) mass is 194 g/mol. The van der Waals surface area contributed by atoms with E-state index in [0.29, 0.717) is 18.1 Å². The summed E-state index contributed by atoms with van der Waals surface area (Å²) in [6.45, 7) is 9.92. The van der Waals surface area contributed by atoms with E-state index >= 15 is 0 Å². The second kappa shape index (κ2) is 3.39. The van der Waals surface area contributed by atoms with Crippen LogP contribution in [0.4, 0.5) is 0 Å². The summed E-state index contributed by atoms with van der Waals surface area (Å²) in [5.41, 5.74) is 0. The predicted molar refractivity (Wildman–Crippen MR) is 55.9 cm³/mol. The lowest BCUT2D eigenvalue weighted by Gasteiger charge is -2.36. The summed E-state index contributed by atoms with van der Waals surface area (Å²) in [5, 5.41) is 0. The van der Waals surface area contributed by atoms with Crippen LogP contribution in [0, 0.1) is 0 Å². The van der Waals surface area contributed by atoms with E-state index in [2.05, 4.69) is 25.3 Å². The molecular formula is C11H18N2O. The van der Waals surface area contributed by atoms with E-state index in [1.165, 1.54) is 6.08 Å². The Labute approximate surface area is 85.4 Å². The predicted octanol–water partition coefficient (Wildman–Crippen LogP) is 0.866. The fraction of sp³-hybridized carbons (Fsp3) is 0.727. The molecule has 14 heavy (non-hydrogen) atoms. The quantitative estimate of drug-likeness (QED) is 0.609. The van der Waals surface area contributed by atoms with Gasteiger partial charge in [0.05, 0.1) is 0 Å². The summed E-state index contributed by atoms with van der Waals surface area (Å²) >= 11 is 0. The highest BCUT2D eigenvalue weighted by molar-refractivity contribution is 5.87. The lowest BCUT2D eigenvalue weighted by molar-refractivity contribution is -0.128. The maximum Gasteiger partial charge on any atom is 0.246 e. The second-order valence-electron chi connectivity index (χ2n) is 4.53. The van der Waals surface area contributed by atoms with Crippen molar-refractivity contribution in [3.63, 3.8) is 0 Å². The van der Waals surface area contributed by atoms with Crippen molar-refractivity contribution in [1.29, 1.82) is 0 Å². The molecule has 0 aromatic carbocycles. The number of piperazine rings is 1. The Kier molecular flexibility index (Phi) is 2.35. The van der Waals surface area contributed by atoms with E-state index in [-0.39, 0.29) is 5.91 Å². The molecule has 2 aliphatic heterocycles. The van der Waals surface area contributed by atoms with E-state index < -0.39 is 0 Å². The molecule has 3 heteroatoms. The molecule has 2 saturated heterocycles. The van der Waals surface area contributed by atoms with Gasteiger partial charge in [-0.1, -0.05) is 6.58 Å². The van der Waals surface area contributed by atoms with Gasteiger partial charge in [0.15, 0.2) is 0 Å². The van der Waals surface area contributed by atoms with Crippen molar-refractivity contribution in [2.24, 2.45) is 0 Å². The molecule has 0 spiro atoms. The number of carbonyl (C=O) groups excluding carboxylic acids is 1. The maximum absolute atomic E-state index is 11.5. The van der Waals surface area contributed by atoms with Crippen LogP contribution in [0.1, 0.15) is 20.3 Å². The van der Waals surface area contributed by atoms with E-state index in [1.807, 2.05) is 4.90 Å². The molecule has 2 rings (SSSR count). The number of likely N-dealkylation sites (tertiary alicyclic amines) is 2. The zero-order chi connectivity index (χ0) is 10.3. The first-order valence-corrected chi connectivity index (χ1v) is 5.32. The zero-order valence-electron chi connectivity index (χ0n) is 8.94. The molecule has 2 bridgehead atoms. The van der Waals surface area contributed by atoms with Crippen molar-refractivity contribution in [2.75, 3.05) is 13.1 Å². The summed E-state index contributed by atoms with van der Waals surface area (Å²) < 4.78 is 0. The van der Waals surface area contributed by atoms with Crippen LogP contribution in [0.3, 0.4) is 0 Å². The molecule has 0 saturated carbocycles. The Balaban J connectivity index is 2.03. The third-order valence-electron chi connectivity index (χ3n) is 3.40. The number of hydrogen-bond acceptors (Lipinski definition) is 2. The largest absolute Gasteiger partial charge is 0.333 e. The second-order valence-corrected chi connectivity index (χ2v) is 4.53. The first-order valence-electron chi connectivity index (χ1n) is 5.32. The Bertz CT molecular complexity index is 262. The van der Waals surface area contributed by atoms with Gasteiger partial charge in [0.1, 0.15) is 0 Å². The maximum atomic E-state index is 11.5. The molecule has 2 heterocycles. The number of rotatable bonds is 2. The molecule has 78 valence electrons. The summed E-state index contributed by atoms with van der Waals surface area (Å²) in [6.07, 6.45) is 2.58. The van der Waals surface area contributed by atoms with Gasteiger partial charge < -0.3 is 4.90 Å². The van der Waals surface area contributed by atoms with Crippen molar-refractivity contribution < 1.29 is 4.79 Å². The molecule has 2 unspecified atom stereocenters. The van der Waals surface area contributed by atoms with Crippen molar-refractivity contribution in [2.45, 2.75) is 38.4 Å². The summed E-state index contributed by atoms with van der Waals surface area (Å²) in [4.78, 5) is 15.9. The van der Waals surface area contributed by atoms with Crippen LogP contribution < -0.4 is 0 Å². The lowest BCUT2D eigenvalue weighted by Crippen LogP contribution is -2.50. The van der Waals surface area contributed by atoms with Crippen molar-refractivity contribution in [3.05, 3.63) is 12.7 Å².